The molecule has 4 heteroatoms. The quantitative estimate of drug-likeness (QED) is 0.231. The number of rotatable bonds is 4. The minimum Gasteiger partial charge on any atom is -0.560 e. The van der Waals surface area contributed by atoms with Crippen LogP contribution in [0.4, 0.5) is 0 Å². The lowest BCUT2D eigenvalue weighted by atomic mass is 10.5. The van der Waals surface area contributed by atoms with Crippen molar-refractivity contribution in [1.82, 2.24) is 0 Å². The fourth-order valence-electron chi connectivity index (χ4n) is 0.258. The predicted octanol–water partition coefficient (Wildman–Crippen LogP) is -0.503. The highest BCUT2D eigenvalue weighted by Gasteiger charge is 1.76. The molecule has 0 atom stereocenters. The largest absolute Gasteiger partial charge is 0.560 e. The first-order valence-corrected chi connectivity index (χ1v) is 2.36. The van der Waals surface area contributed by atoms with Crippen LogP contribution in [0.2, 0.25) is 0 Å². The van der Waals surface area contributed by atoms with E-state index in [-0.39, 0.29) is 6.61 Å². The second kappa shape index (κ2) is 6.49. The van der Waals surface area contributed by atoms with E-state index < -0.39 is 0 Å². The van der Waals surface area contributed by atoms with Crippen LogP contribution in [0.25, 0.3) is 0 Å². The third-order valence-electron chi connectivity index (χ3n) is 0.581. The Kier molecular flexibility index (Phi) is 6.08. The highest BCUT2D eigenvalue weighted by atomic mass is 16.4. The number of hydrogen-bond donors (Lipinski definition) is 1. The third-order valence-corrected chi connectivity index (χ3v) is 0.581. The van der Waals surface area contributed by atoms with Crippen molar-refractivity contribution in [2.75, 3.05) is 13.2 Å². The average Bonchev–Trinajstić information content (AvgIpc) is 1.81. The van der Waals surface area contributed by atoms with Gasteiger partial charge in [-0.25, -0.2) is 0 Å². The van der Waals surface area contributed by atoms with Crippen molar-refractivity contribution in [3.63, 3.8) is 0 Å². The normalized spacial score (nSPS) is 10.1. The van der Waals surface area contributed by atoms with Gasteiger partial charge in [-0.3, -0.25) is 4.99 Å². The molecule has 0 bridgehead atoms. The number of aliphatic hydroxyl groups excluding tert-OH is 1. The van der Waals surface area contributed by atoms with Crippen LogP contribution in [0.3, 0.4) is 0 Å². The zero-order chi connectivity index (χ0) is 6.24. The van der Waals surface area contributed by atoms with Gasteiger partial charge in [0.2, 0.25) is 0 Å². The second-order valence-corrected chi connectivity index (χ2v) is 1.22. The molecule has 0 heterocycles. The maximum atomic E-state index is 8.22. The Hall–Kier alpha value is -0.505. The van der Waals surface area contributed by atoms with Crippen molar-refractivity contribution in [2.45, 2.75) is 6.42 Å². The molecule has 1 N–H and O–H groups in total. The monoisotopic (exact) mass is 113 g/mol. The topological polar surface area (TPSA) is 41.8 Å². The first-order valence-electron chi connectivity index (χ1n) is 2.36. The van der Waals surface area contributed by atoms with Crippen LogP contribution >= 0.6 is 0 Å². The number of hydrogen-bond acceptors (Lipinski definition) is 3. The van der Waals surface area contributed by atoms with E-state index in [1.807, 2.05) is 0 Å². The molecular formula is C4H8BNO2. The van der Waals surface area contributed by atoms with Crippen LogP contribution in [-0.4, -0.2) is 32.7 Å². The molecule has 0 amide bonds. The Morgan fingerprint density at radius 3 is 3.00 bits per heavy atom. The van der Waals surface area contributed by atoms with E-state index in [1.54, 1.807) is 0 Å². The molecule has 0 aromatic carbocycles. The van der Waals surface area contributed by atoms with Crippen molar-refractivity contribution >= 4 is 14.4 Å². The van der Waals surface area contributed by atoms with Crippen LogP contribution in [0, 0.1) is 0 Å². The summed E-state index contributed by atoms with van der Waals surface area (Å²) in [7, 11) is 4.60. The standard InChI is InChI=1S/C4H8BNO2/c5-8-4-6-2-1-3-7/h4,7H,1-3H2. The molecule has 0 unspecified atom stereocenters. The summed E-state index contributed by atoms with van der Waals surface area (Å²) < 4.78 is 4.02. The lowest BCUT2D eigenvalue weighted by molar-refractivity contribution is 0.291. The van der Waals surface area contributed by atoms with Crippen LogP contribution in [0.1, 0.15) is 6.42 Å². The lowest BCUT2D eigenvalue weighted by Crippen LogP contribution is -1.88. The molecule has 0 saturated carbocycles. The molecule has 0 aliphatic carbocycles. The Balaban J connectivity index is 2.80. The van der Waals surface area contributed by atoms with E-state index in [9.17, 15) is 0 Å². The molecule has 0 fully saturated rings. The summed E-state index contributed by atoms with van der Waals surface area (Å²) in [4.78, 5) is 3.65. The van der Waals surface area contributed by atoms with E-state index >= 15 is 0 Å². The SMILES string of the molecule is [B]OC=NCCCO. The Bertz CT molecular complexity index is 67.1. The summed E-state index contributed by atoms with van der Waals surface area (Å²) in [5.74, 6) is 0. The molecule has 0 saturated heterocycles. The van der Waals surface area contributed by atoms with Crippen molar-refractivity contribution in [2.24, 2.45) is 4.99 Å². The van der Waals surface area contributed by atoms with Crippen LogP contribution in [0.5, 0.6) is 0 Å². The fourth-order valence-corrected chi connectivity index (χ4v) is 0.258. The molecular weight excluding hydrogens is 105 g/mol. The summed E-state index contributed by atoms with van der Waals surface area (Å²) in [6.07, 6.45) is 1.80. The molecule has 3 nitrogen and oxygen atoms in total. The lowest BCUT2D eigenvalue weighted by Gasteiger charge is -1.87. The number of nitrogens with zero attached hydrogens (tertiary/aromatic N) is 1. The van der Waals surface area contributed by atoms with Crippen molar-refractivity contribution in [3.05, 3.63) is 0 Å². The van der Waals surface area contributed by atoms with Crippen LogP contribution in [0.15, 0.2) is 4.99 Å². The van der Waals surface area contributed by atoms with Gasteiger partial charge in [0.15, 0.2) is 0 Å². The van der Waals surface area contributed by atoms with Gasteiger partial charge in [0.05, 0.1) is 0 Å². The summed E-state index contributed by atoms with van der Waals surface area (Å²) in [5.41, 5.74) is 0. The van der Waals surface area contributed by atoms with Gasteiger partial charge in [0.1, 0.15) is 6.40 Å². The van der Waals surface area contributed by atoms with Gasteiger partial charge < -0.3 is 9.76 Å². The summed E-state index contributed by atoms with van der Waals surface area (Å²) >= 11 is 0. The van der Waals surface area contributed by atoms with Crippen molar-refractivity contribution in [3.8, 4) is 0 Å². The Labute approximate surface area is 49.8 Å². The molecule has 0 spiro atoms. The molecule has 0 rings (SSSR count). The minimum absolute atomic E-state index is 0.155. The number of aliphatic imine (C=N–C) groups is 1. The predicted molar refractivity (Wildman–Crippen MR) is 31.9 cm³/mol. The van der Waals surface area contributed by atoms with Crippen LogP contribution in [-0.2, 0) is 4.65 Å². The minimum atomic E-state index is 0.155. The van der Waals surface area contributed by atoms with E-state index in [1.165, 1.54) is 0 Å². The highest BCUT2D eigenvalue weighted by Crippen LogP contribution is 1.75. The average molecular weight is 113 g/mol. The van der Waals surface area contributed by atoms with E-state index in [0.29, 0.717) is 13.0 Å². The maximum absolute atomic E-state index is 8.22. The Morgan fingerprint density at radius 2 is 2.50 bits per heavy atom. The number of aliphatic hydroxyl groups is 1. The molecule has 0 aliphatic heterocycles. The van der Waals surface area contributed by atoms with Crippen molar-refractivity contribution in [1.29, 1.82) is 0 Å². The van der Waals surface area contributed by atoms with Crippen LogP contribution < -0.4 is 0 Å². The van der Waals surface area contributed by atoms with E-state index in [4.69, 9.17) is 5.11 Å². The first-order chi connectivity index (χ1) is 3.91. The summed E-state index contributed by atoms with van der Waals surface area (Å²) in [6, 6.07) is 0. The van der Waals surface area contributed by atoms with Gasteiger partial charge in [-0.1, -0.05) is 0 Å². The zero-order valence-electron chi connectivity index (χ0n) is 4.58. The Morgan fingerprint density at radius 1 is 1.75 bits per heavy atom. The van der Waals surface area contributed by atoms with Gasteiger partial charge in [0, 0.05) is 13.2 Å². The third kappa shape index (κ3) is 5.49. The fraction of sp³-hybridized carbons (Fsp3) is 0.750. The van der Waals surface area contributed by atoms with Gasteiger partial charge in [-0.05, 0) is 6.42 Å². The second-order valence-electron chi connectivity index (χ2n) is 1.22. The van der Waals surface area contributed by atoms with E-state index in [2.05, 4.69) is 17.7 Å². The van der Waals surface area contributed by atoms with E-state index in [0.717, 1.165) is 6.40 Å². The molecule has 44 valence electrons. The zero-order valence-corrected chi connectivity index (χ0v) is 4.58. The van der Waals surface area contributed by atoms with Gasteiger partial charge in [0.25, 0.3) is 0 Å². The smallest absolute Gasteiger partial charge is 0.375 e. The first kappa shape index (κ1) is 7.49. The molecule has 8 heavy (non-hydrogen) atoms. The van der Waals surface area contributed by atoms with Gasteiger partial charge >= 0.3 is 8.05 Å². The summed E-state index contributed by atoms with van der Waals surface area (Å²) in [5, 5.41) is 8.22. The molecule has 0 aromatic rings. The van der Waals surface area contributed by atoms with Crippen molar-refractivity contribution < 1.29 is 9.76 Å². The molecule has 0 aromatic heterocycles. The summed E-state index contributed by atoms with van der Waals surface area (Å²) in [6.45, 7) is 0.718. The molecule has 0 aliphatic rings. The van der Waals surface area contributed by atoms with Gasteiger partial charge in [-0.15, -0.1) is 0 Å². The van der Waals surface area contributed by atoms with Gasteiger partial charge in [-0.2, -0.15) is 0 Å². The highest BCUT2D eigenvalue weighted by molar-refractivity contribution is 6.02. The molecule has 2 radical (unpaired) electrons. The maximum Gasteiger partial charge on any atom is 0.375 e.